The van der Waals surface area contributed by atoms with Gasteiger partial charge in [0, 0.05) is 12.6 Å². The summed E-state index contributed by atoms with van der Waals surface area (Å²) in [6.07, 6.45) is 3.96. The summed E-state index contributed by atoms with van der Waals surface area (Å²) < 4.78 is 5.79. The lowest BCUT2D eigenvalue weighted by molar-refractivity contribution is 0.0399. The van der Waals surface area contributed by atoms with E-state index in [9.17, 15) is 0 Å². The van der Waals surface area contributed by atoms with Gasteiger partial charge in [-0.3, -0.25) is 0 Å². The monoisotopic (exact) mass is 215 g/mol. The summed E-state index contributed by atoms with van der Waals surface area (Å²) in [5.74, 6) is 0.791. The van der Waals surface area contributed by atoms with Gasteiger partial charge < -0.3 is 10.1 Å². The molecular formula is C13H29NO. The fraction of sp³-hybridized carbons (Fsp3) is 1.00. The largest absolute Gasteiger partial charge is 0.377 e. The van der Waals surface area contributed by atoms with Gasteiger partial charge in [-0.2, -0.15) is 0 Å². The maximum Gasteiger partial charge on any atom is 0.0697 e. The minimum atomic E-state index is 0.323. The molecule has 0 amide bonds. The zero-order valence-electron chi connectivity index (χ0n) is 11.2. The highest BCUT2D eigenvalue weighted by Crippen LogP contribution is 2.05. The first-order valence-electron chi connectivity index (χ1n) is 6.42. The van der Waals surface area contributed by atoms with Crippen molar-refractivity contribution in [2.45, 2.75) is 66.0 Å². The van der Waals surface area contributed by atoms with Gasteiger partial charge in [-0.15, -0.1) is 0 Å². The standard InChI is InChI=1S/C13H29NO/c1-6-9-14-12(4)13(5)15-10-7-8-11(2)3/h11-14H,6-10H2,1-5H3. The first-order chi connectivity index (χ1) is 7.07. The van der Waals surface area contributed by atoms with Crippen molar-refractivity contribution in [2.75, 3.05) is 13.2 Å². The van der Waals surface area contributed by atoms with E-state index in [2.05, 4.69) is 39.9 Å². The third-order valence-corrected chi connectivity index (χ3v) is 2.73. The van der Waals surface area contributed by atoms with Crippen molar-refractivity contribution < 1.29 is 4.74 Å². The van der Waals surface area contributed by atoms with Gasteiger partial charge in [0.25, 0.3) is 0 Å². The molecule has 15 heavy (non-hydrogen) atoms. The van der Waals surface area contributed by atoms with E-state index in [1.807, 2.05) is 0 Å². The summed E-state index contributed by atoms with van der Waals surface area (Å²) in [5, 5.41) is 3.46. The molecule has 92 valence electrons. The van der Waals surface area contributed by atoms with E-state index in [4.69, 9.17) is 4.74 Å². The third-order valence-electron chi connectivity index (χ3n) is 2.73. The van der Waals surface area contributed by atoms with Gasteiger partial charge in [0.2, 0.25) is 0 Å². The second kappa shape index (κ2) is 9.17. The molecule has 0 aromatic carbocycles. The van der Waals surface area contributed by atoms with Gasteiger partial charge in [-0.1, -0.05) is 20.8 Å². The number of ether oxygens (including phenoxy) is 1. The Balaban J connectivity index is 3.42. The van der Waals surface area contributed by atoms with Crippen molar-refractivity contribution in [1.29, 1.82) is 0 Å². The highest BCUT2D eigenvalue weighted by atomic mass is 16.5. The maximum atomic E-state index is 5.79. The maximum absolute atomic E-state index is 5.79. The van der Waals surface area contributed by atoms with Crippen molar-refractivity contribution in [3.05, 3.63) is 0 Å². The van der Waals surface area contributed by atoms with Crippen LogP contribution in [-0.2, 0) is 4.74 Å². The van der Waals surface area contributed by atoms with Crippen molar-refractivity contribution in [3.63, 3.8) is 0 Å². The molecule has 2 unspecified atom stereocenters. The zero-order valence-corrected chi connectivity index (χ0v) is 11.2. The first-order valence-corrected chi connectivity index (χ1v) is 6.42. The normalized spacial score (nSPS) is 15.6. The van der Waals surface area contributed by atoms with E-state index in [0.717, 1.165) is 19.1 Å². The van der Waals surface area contributed by atoms with Crippen LogP contribution in [-0.4, -0.2) is 25.3 Å². The summed E-state index contributed by atoms with van der Waals surface area (Å²) >= 11 is 0. The molecule has 0 fully saturated rings. The molecule has 2 nitrogen and oxygen atoms in total. The molecular weight excluding hydrogens is 186 g/mol. The molecule has 0 aliphatic heterocycles. The fourth-order valence-electron chi connectivity index (χ4n) is 1.44. The molecule has 0 aromatic heterocycles. The van der Waals surface area contributed by atoms with E-state index < -0.39 is 0 Å². The third kappa shape index (κ3) is 8.88. The van der Waals surface area contributed by atoms with Crippen LogP contribution in [0.15, 0.2) is 0 Å². The van der Waals surface area contributed by atoms with Crippen LogP contribution in [0.5, 0.6) is 0 Å². The van der Waals surface area contributed by atoms with E-state index in [1.165, 1.54) is 19.3 Å². The number of hydrogen-bond donors (Lipinski definition) is 1. The fourth-order valence-corrected chi connectivity index (χ4v) is 1.44. The number of rotatable bonds is 9. The predicted octanol–water partition coefficient (Wildman–Crippen LogP) is 3.22. The minimum Gasteiger partial charge on any atom is -0.377 e. The Bertz CT molecular complexity index is 136. The molecule has 0 saturated heterocycles. The molecule has 0 aromatic rings. The van der Waals surface area contributed by atoms with Gasteiger partial charge in [-0.05, 0) is 45.6 Å². The second-order valence-corrected chi connectivity index (χ2v) is 4.85. The lowest BCUT2D eigenvalue weighted by Crippen LogP contribution is -2.37. The Hall–Kier alpha value is -0.0800. The Morgan fingerprint density at radius 1 is 1.13 bits per heavy atom. The Morgan fingerprint density at radius 2 is 1.80 bits per heavy atom. The Kier molecular flexibility index (Phi) is 9.12. The van der Waals surface area contributed by atoms with E-state index >= 15 is 0 Å². The number of nitrogens with one attached hydrogen (secondary N) is 1. The van der Waals surface area contributed by atoms with Crippen molar-refractivity contribution in [1.82, 2.24) is 5.32 Å². The van der Waals surface area contributed by atoms with Gasteiger partial charge in [0.05, 0.1) is 6.10 Å². The van der Waals surface area contributed by atoms with Crippen LogP contribution in [0.2, 0.25) is 0 Å². The molecule has 2 heteroatoms. The van der Waals surface area contributed by atoms with E-state index in [0.29, 0.717) is 12.1 Å². The van der Waals surface area contributed by atoms with E-state index in [-0.39, 0.29) is 0 Å². The SMILES string of the molecule is CCCNC(C)C(C)OCCCC(C)C. The number of hydrogen-bond acceptors (Lipinski definition) is 2. The van der Waals surface area contributed by atoms with E-state index in [1.54, 1.807) is 0 Å². The molecule has 0 spiro atoms. The summed E-state index contributed by atoms with van der Waals surface area (Å²) in [6, 6.07) is 0.462. The highest BCUT2D eigenvalue weighted by molar-refractivity contribution is 4.67. The molecule has 0 bridgehead atoms. The summed E-state index contributed by atoms with van der Waals surface area (Å²) in [6.45, 7) is 13.0. The molecule has 0 heterocycles. The van der Waals surface area contributed by atoms with Crippen molar-refractivity contribution in [3.8, 4) is 0 Å². The highest BCUT2D eigenvalue weighted by Gasteiger charge is 2.10. The molecule has 1 N–H and O–H groups in total. The molecule has 2 atom stereocenters. The van der Waals surface area contributed by atoms with Crippen LogP contribution in [0, 0.1) is 5.92 Å². The van der Waals surface area contributed by atoms with Crippen LogP contribution >= 0.6 is 0 Å². The quantitative estimate of drug-likeness (QED) is 0.596. The topological polar surface area (TPSA) is 21.3 Å². The molecule has 0 saturated carbocycles. The van der Waals surface area contributed by atoms with Crippen molar-refractivity contribution in [2.24, 2.45) is 5.92 Å². The van der Waals surface area contributed by atoms with Gasteiger partial charge >= 0.3 is 0 Å². The van der Waals surface area contributed by atoms with Crippen LogP contribution < -0.4 is 5.32 Å². The summed E-state index contributed by atoms with van der Waals surface area (Å²) in [5.41, 5.74) is 0. The molecule has 0 radical (unpaired) electrons. The lowest BCUT2D eigenvalue weighted by Gasteiger charge is -2.21. The van der Waals surface area contributed by atoms with Crippen LogP contribution in [0.1, 0.15) is 53.9 Å². The molecule has 0 aliphatic carbocycles. The predicted molar refractivity (Wildman–Crippen MR) is 67.2 cm³/mol. The van der Waals surface area contributed by atoms with Crippen LogP contribution in [0.3, 0.4) is 0 Å². The Labute approximate surface area is 95.8 Å². The second-order valence-electron chi connectivity index (χ2n) is 4.85. The van der Waals surface area contributed by atoms with Gasteiger partial charge in [0.15, 0.2) is 0 Å². The summed E-state index contributed by atoms with van der Waals surface area (Å²) in [4.78, 5) is 0. The lowest BCUT2D eigenvalue weighted by atomic mass is 10.1. The summed E-state index contributed by atoms with van der Waals surface area (Å²) in [7, 11) is 0. The van der Waals surface area contributed by atoms with Crippen LogP contribution in [0.4, 0.5) is 0 Å². The smallest absolute Gasteiger partial charge is 0.0697 e. The molecule has 0 aliphatic rings. The first kappa shape index (κ1) is 14.9. The van der Waals surface area contributed by atoms with Gasteiger partial charge in [0.1, 0.15) is 0 Å². The average Bonchev–Trinajstić information content (AvgIpc) is 2.20. The average molecular weight is 215 g/mol. The zero-order chi connectivity index (χ0) is 11.7. The van der Waals surface area contributed by atoms with Crippen LogP contribution in [0.25, 0.3) is 0 Å². The molecule has 0 rings (SSSR count). The Morgan fingerprint density at radius 3 is 2.33 bits per heavy atom. The van der Waals surface area contributed by atoms with Crippen molar-refractivity contribution >= 4 is 0 Å². The van der Waals surface area contributed by atoms with Gasteiger partial charge in [-0.25, -0.2) is 0 Å². The minimum absolute atomic E-state index is 0.323.